The van der Waals surface area contributed by atoms with Gasteiger partial charge in [0.05, 0.1) is 18.5 Å². The summed E-state index contributed by atoms with van der Waals surface area (Å²) in [5.41, 5.74) is 3.66. The molecule has 6 heteroatoms. The fraction of sp³-hybridized carbons (Fsp3) is 0.143. The molecule has 0 fully saturated rings. The van der Waals surface area contributed by atoms with E-state index in [1.807, 2.05) is 70.7 Å². The highest BCUT2D eigenvalue weighted by Gasteiger charge is 2.12. The van der Waals surface area contributed by atoms with E-state index in [2.05, 4.69) is 10.3 Å². The molecule has 0 spiro atoms. The molecule has 2 heterocycles. The van der Waals surface area contributed by atoms with Crippen molar-refractivity contribution in [3.05, 3.63) is 71.9 Å². The number of methoxy groups -OCH3 is 1. The summed E-state index contributed by atoms with van der Waals surface area (Å²) in [6, 6.07) is 15.5. The van der Waals surface area contributed by atoms with Crippen LogP contribution < -0.4 is 10.1 Å². The Bertz CT molecular complexity index is 1040. The first-order valence-electron chi connectivity index (χ1n) is 8.67. The number of hydrogen-bond acceptors (Lipinski definition) is 4. The fourth-order valence-corrected chi connectivity index (χ4v) is 3.64. The summed E-state index contributed by atoms with van der Waals surface area (Å²) in [7, 11) is 1.64. The van der Waals surface area contributed by atoms with Crippen molar-refractivity contribution in [2.45, 2.75) is 12.8 Å². The number of nitrogens with zero attached hydrogens (tertiary/aromatic N) is 2. The number of carbonyl (C=O) groups is 1. The summed E-state index contributed by atoms with van der Waals surface area (Å²) in [4.78, 5) is 18.0. The second-order valence-electron chi connectivity index (χ2n) is 6.16. The number of benzene rings is 2. The molecule has 2 aromatic heterocycles. The first-order valence-corrected chi connectivity index (χ1v) is 9.55. The van der Waals surface area contributed by atoms with Crippen molar-refractivity contribution in [3.8, 4) is 17.0 Å². The largest absolute Gasteiger partial charge is 0.497 e. The third-order valence-electron chi connectivity index (χ3n) is 4.37. The van der Waals surface area contributed by atoms with E-state index in [9.17, 15) is 4.79 Å². The van der Waals surface area contributed by atoms with Gasteiger partial charge >= 0.3 is 0 Å². The first kappa shape index (κ1) is 17.3. The van der Waals surface area contributed by atoms with Crippen LogP contribution in [0.2, 0.25) is 0 Å². The van der Waals surface area contributed by atoms with E-state index in [4.69, 9.17) is 4.74 Å². The zero-order chi connectivity index (χ0) is 18.6. The van der Waals surface area contributed by atoms with E-state index in [0.29, 0.717) is 12.8 Å². The van der Waals surface area contributed by atoms with Crippen LogP contribution in [0.3, 0.4) is 0 Å². The first-order chi connectivity index (χ1) is 13.2. The van der Waals surface area contributed by atoms with Crippen molar-refractivity contribution < 1.29 is 9.53 Å². The van der Waals surface area contributed by atoms with Crippen LogP contribution in [0.5, 0.6) is 5.75 Å². The van der Waals surface area contributed by atoms with Gasteiger partial charge in [-0.3, -0.25) is 9.20 Å². The molecule has 0 unspecified atom stereocenters. The normalized spacial score (nSPS) is 10.9. The van der Waals surface area contributed by atoms with Crippen molar-refractivity contribution in [1.82, 2.24) is 9.38 Å². The molecule has 27 heavy (non-hydrogen) atoms. The molecule has 0 saturated heterocycles. The summed E-state index contributed by atoms with van der Waals surface area (Å²) in [5, 5.41) is 5.03. The number of amides is 1. The van der Waals surface area contributed by atoms with Gasteiger partial charge in [-0.2, -0.15) is 0 Å². The Kier molecular flexibility index (Phi) is 4.89. The second-order valence-corrected chi connectivity index (χ2v) is 7.03. The molecule has 0 saturated carbocycles. The van der Waals surface area contributed by atoms with E-state index in [-0.39, 0.29) is 5.91 Å². The van der Waals surface area contributed by atoms with Crippen molar-refractivity contribution in [2.24, 2.45) is 0 Å². The molecule has 1 amide bonds. The molecular weight excluding hydrogens is 358 g/mol. The lowest BCUT2D eigenvalue weighted by molar-refractivity contribution is -0.116. The number of para-hydroxylation sites is 1. The number of fused-ring (bicyclic) bond motifs is 1. The van der Waals surface area contributed by atoms with Crippen molar-refractivity contribution in [1.29, 1.82) is 0 Å². The lowest BCUT2D eigenvalue weighted by Crippen LogP contribution is -2.13. The number of ether oxygens (including phenoxy) is 1. The van der Waals surface area contributed by atoms with Gasteiger partial charge in [-0.15, -0.1) is 11.3 Å². The monoisotopic (exact) mass is 377 g/mol. The van der Waals surface area contributed by atoms with Gasteiger partial charge in [0.2, 0.25) is 5.91 Å². The van der Waals surface area contributed by atoms with Crippen molar-refractivity contribution in [3.63, 3.8) is 0 Å². The molecule has 4 aromatic rings. The number of carbonyl (C=O) groups excluding carboxylic acids is 1. The van der Waals surface area contributed by atoms with Gasteiger partial charge in [0.25, 0.3) is 0 Å². The Labute approximate surface area is 161 Å². The minimum atomic E-state index is -0.0145. The SMILES string of the molecule is COc1ccc(CCC(=O)Nc2ccccc2-c2cn3ccsc3n2)cc1. The molecule has 0 aliphatic carbocycles. The Morgan fingerprint density at radius 2 is 2.00 bits per heavy atom. The Morgan fingerprint density at radius 3 is 2.78 bits per heavy atom. The highest BCUT2D eigenvalue weighted by atomic mass is 32.1. The molecule has 0 atom stereocenters. The van der Waals surface area contributed by atoms with E-state index in [0.717, 1.165) is 33.2 Å². The Morgan fingerprint density at radius 1 is 1.19 bits per heavy atom. The van der Waals surface area contributed by atoms with Crippen LogP contribution in [0.15, 0.2) is 66.3 Å². The molecule has 136 valence electrons. The molecular formula is C21H19N3O2S. The highest BCUT2D eigenvalue weighted by Crippen LogP contribution is 2.28. The number of nitrogens with one attached hydrogen (secondary N) is 1. The maximum absolute atomic E-state index is 12.5. The van der Waals surface area contributed by atoms with Crippen LogP contribution in [0, 0.1) is 0 Å². The van der Waals surface area contributed by atoms with Gasteiger partial charge in [-0.05, 0) is 30.2 Å². The van der Waals surface area contributed by atoms with E-state index >= 15 is 0 Å². The lowest BCUT2D eigenvalue weighted by Gasteiger charge is -2.10. The van der Waals surface area contributed by atoms with Crippen LogP contribution in [0.25, 0.3) is 16.2 Å². The molecule has 0 radical (unpaired) electrons. The summed E-state index contributed by atoms with van der Waals surface area (Å²) in [5.74, 6) is 0.802. The number of hydrogen-bond donors (Lipinski definition) is 1. The molecule has 0 aliphatic rings. The maximum atomic E-state index is 12.5. The maximum Gasteiger partial charge on any atom is 0.224 e. The topological polar surface area (TPSA) is 55.6 Å². The minimum absolute atomic E-state index is 0.0145. The summed E-state index contributed by atoms with van der Waals surface area (Å²) >= 11 is 1.59. The minimum Gasteiger partial charge on any atom is -0.497 e. The van der Waals surface area contributed by atoms with Crippen LogP contribution in [-0.2, 0) is 11.2 Å². The standard InChI is InChI=1S/C21H19N3O2S/c1-26-16-9-6-15(7-10-16)8-11-20(25)22-18-5-3-2-4-17(18)19-14-24-12-13-27-21(24)23-19/h2-7,9-10,12-14H,8,11H2,1H3,(H,22,25). The van der Waals surface area contributed by atoms with Crippen LogP contribution in [0.1, 0.15) is 12.0 Å². The highest BCUT2D eigenvalue weighted by molar-refractivity contribution is 7.15. The van der Waals surface area contributed by atoms with Crippen molar-refractivity contribution >= 4 is 27.9 Å². The van der Waals surface area contributed by atoms with Gasteiger partial charge in [0.15, 0.2) is 4.96 Å². The van der Waals surface area contributed by atoms with E-state index in [1.54, 1.807) is 18.4 Å². The molecule has 0 aliphatic heterocycles. The predicted octanol–water partition coefficient (Wildman–Crippen LogP) is 4.64. The van der Waals surface area contributed by atoms with Gasteiger partial charge in [-0.1, -0.05) is 30.3 Å². The van der Waals surface area contributed by atoms with Crippen LogP contribution in [-0.4, -0.2) is 22.4 Å². The smallest absolute Gasteiger partial charge is 0.224 e. The quantitative estimate of drug-likeness (QED) is 0.532. The number of aryl methyl sites for hydroxylation is 1. The average molecular weight is 377 g/mol. The van der Waals surface area contributed by atoms with Crippen LogP contribution in [0.4, 0.5) is 5.69 Å². The molecule has 5 nitrogen and oxygen atoms in total. The zero-order valence-electron chi connectivity index (χ0n) is 14.9. The predicted molar refractivity (Wildman–Crippen MR) is 108 cm³/mol. The van der Waals surface area contributed by atoms with E-state index in [1.165, 1.54) is 0 Å². The zero-order valence-corrected chi connectivity index (χ0v) is 15.7. The van der Waals surface area contributed by atoms with Gasteiger partial charge in [0.1, 0.15) is 5.75 Å². The average Bonchev–Trinajstić information content (AvgIpc) is 3.29. The number of rotatable bonds is 6. The fourth-order valence-electron chi connectivity index (χ4n) is 2.94. The third-order valence-corrected chi connectivity index (χ3v) is 5.14. The Hall–Kier alpha value is -3.12. The van der Waals surface area contributed by atoms with Crippen molar-refractivity contribution in [2.75, 3.05) is 12.4 Å². The third kappa shape index (κ3) is 3.85. The number of aromatic nitrogens is 2. The summed E-state index contributed by atoms with van der Waals surface area (Å²) < 4.78 is 7.15. The van der Waals surface area contributed by atoms with Crippen LogP contribution >= 0.6 is 11.3 Å². The number of imidazole rings is 1. The summed E-state index contributed by atoms with van der Waals surface area (Å²) in [6.45, 7) is 0. The van der Waals surface area contributed by atoms with E-state index < -0.39 is 0 Å². The van der Waals surface area contributed by atoms with Gasteiger partial charge < -0.3 is 10.1 Å². The molecule has 0 bridgehead atoms. The van der Waals surface area contributed by atoms with Gasteiger partial charge in [0, 0.05) is 29.8 Å². The lowest BCUT2D eigenvalue weighted by atomic mass is 10.1. The summed E-state index contributed by atoms with van der Waals surface area (Å²) in [6.07, 6.45) is 5.05. The number of anilines is 1. The second kappa shape index (κ2) is 7.63. The Balaban J connectivity index is 1.45. The number of thiazole rings is 1. The molecule has 4 rings (SSSR count). The van der Waals surface area contributed by atoms with Gasteiger partial charge in [-0.25, -0.2) is 4.98 Å². The molecule has 1 N–H and O–H groups in total. The molecule has 2 aromatic carbocycles.